The van der Waals surface area contributed by atoms with Crippen LogP contribution < -0.4 is 0 Å². The van der Waals surface area contributed by atoms with Crippen LogP contribution in [-0.2, 0) is 30.7 Å². The zero-order valence-corrected chi connectivity index (χ0v) is 15.4. The van der Waals surface area contributed by atoms with Crippen LogP contribution in [0, 0.1) is 13.8 Å². The molecule has 0 amide bonds. The molecule has 0 aromatic carbocycles. The molecule has 132 valence electrons. The highest BCUT2D eigenvalue weighted by Crippen LogP contribution is 2.21. The molecule has 0 bridgehead atoms. The van der Waals surface area contributed by atoms with E-state index < -0.39 is 10.0 Å². The maximum Gasteiger partial charge on any atom is 0.246 e. The number of aromatic nitrogens is 4. The molecule has 0 atom stereocenters. The van der Waals surface area contributed by atoms with Crippen molar-refractivity contribution < 1.29 is 8.42 Å². The molecule has 0 saturated carbocycles. The number of hydrogen-bond donors (Lipinski definition) is 0. The summed E-state index contributed by atoms with van der Waals surface area (Å²) in [5, 5.41) is 8.31. The Morgan fingerprint density at radius 1 is 0.958 bits per heavy atom. The standard InChI is InChI=1S/C15H24N6O2S/c1-12-14(9-16-18(12)3)11-20-5-7-21(8-6-20)24(22,23)15-10-17-19(4)13(15)2/h9-10H,5-8,11H2,1-4H3. The van der Waals surface area contributed by atoms with Gasteiger partial charge < -0.3 is 0 Å². The van der Waals surface area contributed by atoms with Crippen LogP contribution >= 0.6 is 0 Å². The fourth-order valence-corrected chi connectivity index (χ4v) is 4.55. The summed E-state index contributed by atoms with van der Waals surface area (Å²) in [6.07, 6.45) is 3.33. The molecule has 0 radical (unpaired) electrons. The predicted octanol–water partition coefficient (Wildman–Crippen LogP) is 0.277. The van der Waals surface area contributed by atoms with Crippen LogP contribution in [0.2, 0.25) is 0 Å². The van der Waals surface area contributed by atoms with Crippen LogP contribution in [0.3, 0.4) is 0 Å². The lowest BCUT2D eigenvalue weighted by Gasteiger charge is -2.33. The fourth-order valence-electron chi connectivity index (χ4n) is 2.94. The molecule has 1 saturated heterocycles. The summed E-state index contributed by atoms with van der Waals surface area (Å²) in [6.45, 7) is 7.06. The van der Waals surface area contributed by atoms with Crippen LogP contribution in [0.25, 0.3) is 0 Å². The minimum atomic E-state index is -3.47. The Bertz CT molecular complexity index is 830. The van der Waals surface area contributed by atoms with E-state index in [0.29, 0.717) is 36.8 Å². The predicted molar refractivity (Wildman–Crippen MR) is 89.9 cm³/mol. The Morgan fingerprint density at radius 2 is 1.54 bits per heavy atom. The van der Waals surface area contributed by atoms with Gasteiger partial charge in [-0.1, -0.05) is 0 Å². The van der Waals surface area contributed by atoms with E-state index >= 15 is 0 Å². The summed E-state index contributed by atoms with van der Waals surface area (Å²) in [5.74, 6) is 0. The van der Waals surface area contributed by atoms with Crippen LogP contribution in [0.1, 0.15) is 17.0 Å². The molecule has 1 aliphatic heterocycles. The molecule has 8 nitrogen and oxygen atoms in total. The summed E-state index contributed by atoms with van der Waals surface area (Å²) < 4.78 is 30.6. The van der Waals surface area contributed by atoms with E-state index in [4.69, 9.17) is 0 Å². The highest BCUT2D eigenvalue weighted by molar-refractivity contribution is 7.89. The maximum atomic E-state index is 12.8. The van der Waals surface area contributed by atoms with Crippen LogP contribution in [0.5, 0.6) is 0 Å². The molecule has 2 aromatic heterocycles. The van der Waals surface area contributed by atoms with Crippen molar-refractivity contribution in [2.75, 3.05) is 26.2 Å². The van der Waals surface area contributed by atoms with Gasteiger partial charge in [0.25, 0.3) is 0 Å². The second kappa shape index (κ2) is 6.30. The zero-order valence-electron chi connectivity index (χ0n) is 14.6. The summed E-state index contributed by atoms with van der Waals surface area (Å²) in [5.41, 5.74) is 3.01. The van der Waals surface area contributed by atoms with E-state index in [1.807, 2.05) is 24.9 Å². The molecule has 9 heteroatoms. The van der Waals surface area contributed by atoms with Gasteiger partial charge in [0, 0.05) is 58.1 Å². The number of hydrogen-bond acceptors (Lipinski definition) is 5. The van der Waals surface area contributed by atoms with Gasteiger partial charge in [-0.15, -0.1) is 0 Å². The summed E-state index contributed by atoms with van der Waals surface area (Å²) in [4.78, 5) is 2.58. The summed E-state index contributed by atoms with van der Waals surface area (Å²) >= 11 is 0. The van der Waals surface area contributed by atoms with E-state index in [0.717, 1.165) is 12.2 Å². The van der Waals surface area contributed by atoms with Crippen molar-refractivity contribution in [2.45, 2.75) is 25.3 Å². The lowest BCUT2D eigenvalue weighted by atomic mass is 10.2. The highest BCUT2D eigenvalue weighted by atomic mass is 32.2. The van der Waals surface area contributed by atoms with Crippen molar-refractivity contribution >= 4 is 10.0 Å². The number of rotatable bonds is 4. The van der Waals surface area contributed by atoms with Gasteiger partial charge >= 0.3 is 0 Å². The molecule has 0 aliphatic carbocycles. The second-order valence-corrected chi connectivity index (χ2v) is 8.18. The first-order chi connectivity index (χ1) is 11.3. The first kappa shape index (κ1) is 17.1. The van der Waals surface area contributed by atoms with Crippen LogP contribution in [0.4, 0.5) is 0 Å². The maximum absolute atomic E-state index is 12.8. The topological polar surface area (TPSA) is 76.3 Å². The minimum Gasteiger partial charge on any atom is -0.296 e. The average molecular weight is 352 g/mol. The molecule has 24 heavy (non-hydrogen) atoms. The summed E-state index contributed by atoms with van der Waals surface area (Å²) in [6, 6.07) is 0. The molecular weight excluding hydrogens is 328 g/mol. The van der Waals surface area contributed by atoms with E-state index in [-0.39, 0.29) is 0 Å². The van der Waals surface area contributed by atoms with Gasteiger partial charge in [-0.25, -0.2) is 8.42 Å². The Kier molecular flexibility index (Phi) is 4.50. The van der Waals surface area contributed by atoms with Crippen molar-refractivity contribution in [1.82, 2.24) is 28.8 Å². The molecule has 1 aliphatic rings. The van der Waals surface area contributed by atoms with E-state index in [9.17, 15) is 8.42 Å². The molecular formula is C15H24N6O2S. The number of aryl methyl sites for hydroxylation is 2. The van der Waals surface area contributed by atoms with Gasteiger partial charge in [0.1, 0.15) is 4.90 Å². The number of piperazine rings is 1. The van der Waals surface area contributed by atoms with Crippen molar-refractivity contribution in [3.8, 4) is 0 Å². The number of nitrogens with zero attached hydrogens (tertiary/aromatic N) is 6. The minimum absolute atomic E-state index is 0.307. The lowest BCUT2D eigenvalue weighted by Crippen LogP contribution is -2.48. The Morgan fingerprint density at radius 3 is 2.04 bits per heavy atom. The van der Waals surface area contributed by atoms with E-state index in [1.54, 1.807) is 23.0 Å². The van der Waals surface area contributed by atoms with Crippen molar-refractivity contribution in [1.29, 1.82) is 0 Å². The lowest BCUT2D eigenvalue weighted by molar-refractivity contribution is 0.181. The molecule has 2 aromatic rings. The quantitative estimate of drug-likeness (QED) is 0.790. The van der Waals surface area contributed by atoms with Crippen molar-refractivity contribution in [3.05, 3.63) is 29.3 Å². The molecule has 0 unspecified atom stereocenters. The third-order valence-electron chi connectivity index (χ3n) is 4.87. The summed E-state index contributed by atoms with van der Waals surface area (Å²) in [7, 11) is 0.217. The smallest absolute Gasteiger partial charge is 0.246 e. The molecule has 3 rings (SSSR count). The van der Waals surface area contributed by atoms with Crippen molar-refractivity contribution in [3.63, 3.8) is 0 Å². The highest BCUT2D eigenvalue weighted by Gasteiger charge is 2.31. The van der Waals surface area contributed by atoms with Crippen molar-refractivity contribution in [2.24, 2.45) is 14.1 Å². The van der Waals surface area contributed by atoms with Gasteiger partial charge in [0.05, 0.1) is 18.1 Å². The zero-order chi connectivity index (χ0) is 17.5. The molecule has 0 spiro atoms. The van der Waals surface area contributed by atoms with Crippen LogP contribution in [-0.4, -0.2) is 63.4 Å². The molecule has 0 N–H and O–H groups in total. The van der Waals surface area contributed by atoms with Gasteiger partial charge in [-0.2, -0.15) is 14.5 Å². The fraction of sp³-hybridized carbons (Fsp3) is 0.600. The Hall–Kier alpha value is -1.71. The largest absolute Gasteiger partial charge is 0.296 e. The van der Waals surface area contributed by atoms with Crippen LogP contribution in [0.15, 0.2) is 17.3 Å². The molecule has 1 fully saturated rings. The first-order valence-electron chi connectivity index (χ1n) is 7.99. The van der Waals surface area contributed by atoms with Gasteiger partial charge in [-0.3, -0.25) is 14.3 Å². The Balaban J connectivity index is 1.66. The first-order valence-corrected chi connectivity index (χ1v) is 9.43. The van der Waals surface area contributed by atoms with E-state index in [2.05, 4.69) is 15.1 Å². The second-order valence-electron chi connectivity index (χ2n) is 6.28. The van der Waals surface area contributed by atoms with Gasteiger partial charge in [0.2, 0.25) is 10.0 Å². The molecule has 3 heterocycles. The third-order valence-corrected chi connectivity index (χ3v) is 6.87. The van der Waals surface area contributed by atoms with Gasteiger partial charge in [-0.05, 0) is 13.8 Å². The number of sulfonamides is 1. The van der Waals surface area contributed by atoms with E-state index in [1.165, 1.54) is 11.8 Å². The monoisotopic (exact) mass is 352 g/mol. The average Bonchev–Trinajstić information content (AvgIpc) is 3.05. The van der Waals surface area contributed by atoms with Gasteiger partial charge in [0.15, 0.2) is 0 Å². The SMILES string of the molecule is Cc1c(CN2CCN(S(=O)(=O)c3cnn(C)c3C)CC2)cnn1C. The normalized spacial score (nSPS) is 17.5. The third kappa shape index (κ3) is 2.99. The Labute approximate surface area is 142 Å².